The zero-order valence-electron chi connectivity index (χ0n) is 26.6. The fourth-order valence-electron chi connectivity index (χ4n) is 8.50. The maximum atomic E-state index is 14.8. The Morgan fingerprint density at radius 2 is 1.80 bits per heavy atom. The van der Waals surface area contributed by atoms with E-state index >= 15 is 0 Å². The summed E-state index contributed by atoms with van der Waals surface area (Å²) in [5.41, 5.74) is 3.41. The number of piperidine rings is 2. The predicted octanol–water partition coefficient (Wildman–Crippen LogP) is 4.74. The van der Waals surface area contributed by atoms with E-state index in [0.717, 1.165) is 76.9 Å². The van der Waals surface area contributed by atoms with E-state index in [1.807, 2.05) is 19.9 Å². The fraction of sp³-hybridized carbons (Fsp3) is 0.600. The van der Waals surface area contributed by atoms with Gasteiger partial charge < -0.3 is 19.9 Å². The van der Waals surface area contributed by atoms with Crippen LogP contribution in [-0.2, 0) is 4.74 Å². The van der Waals surface area contributed by atoms with Gasteiger partial charge in [-0.1, -0.05) is 30.3 Å². The van der Waals surface area contributed by atoms with Gasteiger partial charge in [-0.3, -0.25) is 4.48 Å². The normalized spacial score (nSPS) is 27.7. The molecule has 234 valence electrons. The van der Waals surface area contributed by atoms with Gasteiger partial charge in [-0.05, 0) is 56.7 Å². The van der Waals surface area contributed by atoms with Crippen LogP contribution in [0.4, 0.5) is 4.79 Å². The van der Waals surface area contributed by atoms with Crippen molar-refractivity contribution in [2.45, 2.75) is 76.9 Å². The molecule has 44 heavy (non-hydrogen) atoms. The van der Waals surface area contributed by atoms with Gasteiger partial charge in [0.05, 0.1) is 24.8 Å². The van der Waals surface area contributed by atoms with E-state index in [-0.39, 0.29) is 29.6 Å². The average molecular weight is 600 g/mol. The molecule has 5 heterocycles. The molecule has 1 atom stereocenters. The molecule has 0 aliphatic carbocycles. The molecule has 6 rings (SSSR count). The number of urea groups is 1. The van der Waals surface area contributed by atoms with Gasteiger partial charge in [-0.15, -0.1) is 0 Å². The molecule has 0 unspecified atom stereocenters. The highest BCUT2D eigenvalue weighted by atomic mass is 16.5. The molecule has 4 aliphatic heterocycles. The zero-order chi connectivity index (χ0) is 30.9. The Morgan fingerprint density at radius 3 is 2.43 bits per heavy atom. The van der Waals surface area contributed by atoms with Crippen molar-refractivity contribution in [2.24, 2.45) is 5.92 Å². The topological polar surface area (TPSA) is 98.6 Å². The van der Waals surface area contributed by atoms with E-state index in [0.29, 0.717) is 47.0 Å². The van der Waals surface area contributed by atoms with Crippen molar-refractivity contribution < 1.29 is 18.8 Å². The van der Waals surface area contributed by atoms with E-state index in [1.165, 1.54) is 5.56 Å². The number of carbonyl (C=O) groups is 2. The standard InChI is InChI=1S/C35H47N6O3/c1-25-21-29(22-36)38-26(2)32(25)33(42)41(35(3)13-15-37-16-14-35)17-9-30(10-18-41)40-31(28-7-5-4-6-8-28)24-39(34(40)43)23-27-11-19-44-20-12-27/h4-8,21,27,30-31,37H,9-20,23-24H2,1-3H3/q+1/t30?,31-,41?/m0/s1. The quantitative estimate of drug-likeness (QED) is 0.482. The van der Waals surface area contributed by atoms with Crippen molar-refractivity contribution in [1.82, 2.24) is 20.1 Å². The molecule has 1 N–H and O–H groups in total. The molecule has 4 fully saturated rings. The number of rotatable bonds is 6. The van der Waals surface area contributed by atoms with Crippen molar-refractivity contribution in [3.05, 3.63) is 64.5 Å². The molecule has 0 saturated carbocycles. The van der Waals surface area contributed by atoms with E-state index in [4.69, 9.17) is 4.74 Å². The van der Waals surface area contributed by atoms with Crippen LogP contribution in [0.5, 0.6) is 0 Å². The number of nitrogens with zero attached hydrogens (tertiary/aromatic N) is 5. The highest BCUT2D eigenvalue weighted by Gasteiger charge is 2.57. The van der Waals surface area contributed by atoms with Gasteiger partial charge in [0.15, 0.2) is 0 Å². The Morgan fingerprint density at radius 1 is 1.11 bits per heavy atom. The Hall–Kier alpha value is -3.32. The minimum atomic E-state index is -0.219. The SMILES string of the molecule is Cc1cc(C#N)nc(C)c1C(=O)[N+]1(C2(C)CCNCC2)CCC(N2C(=O)N(CC3CCOCC3)C[C@H]2c2ccccc2)CC1. The summed E-state index contributed by atoms with van der Waals surface area (Å²) in [5.74, 6) is 0.595. The van der Waals surface area contributed by atoms with Gasteiger partial charge in [0.2, 0.25) is 0 Å². The third kappa shape index (κ3) is 5.53. The fourth-order valence-corrected chi connectivity index (χ4v) is 8.50. The number of ether oxygens (including phenoxy) is 1. The maximum absolute atomic E-state index is 14.8. The summed E-state index contributed by atoms with van der Waals surface area (Å²) in [6.45, 7) is 12.3. The minimum Gasteiger partial charge on any atom is -0.381 e. The lowest BCUT2D eigenvalue weighted by Gasteiger charge is -2.55. The lowest BCUT2D eigenvalue weighted by molar-refractivity contribution is -0.907. The third-order valence-corrected chi connectivity index (χ3v) is 11.1. The van der Waals surface area contributed by atoms with Crippen molar-refractivity contribution >= 4 is 11.9 Å². The summed E-state index contributed by atoms with van der Waals surface area (Å²) in [5, 5.41) is 13.0. The molecule has 0 radical (unpaired) electrons. The largest absolute Gasteiger partial charge is 0.381 e. The van der Waals surface area contributed by atoms with E-state index < -0.39 is 0 Å². The van der Waals surface area contributed by atoms with Crippen LogP contribution in [0.1, 0.15) is 84.4 Å². The molecule has 0 spiro atoms. The van der Waals surface area contributed by atoms with Crippen LogP contribution >= 0.6 is 0 Å². The lowest BCUT2D eigenvalue weighted by atomic mass is 9.81. The minimum absolute atomic E-state index is 0.00549. The molecule has 2 aromatic rings. The summed E-state index contributed by atoms with van der Waals surface area (Å²) in [6.07, 6.45) is 5.38. The summed E-state index contributed by atoms with van der Waals surface area (Å²) in [4.78, 5) is 37.8. The number of hydrogen-bond donors (Lipinski definition) is 1. The second-order valence-corrected chi connectivity index (χ2v) is 13.7. The molecule has 0 bridgehead atoms. The van der Waals surface area contributed by atoms with Crippen molar-refractivity contribution in [3.8, 4) is 6.07 Å². The third-order valence-electron chi connectivity index (χ3n) is 11.1. The second kappa shape index (κ2) is 12.6. The Balaban J connectivity index is 1.30. The maximum Gasteiger partial charge on any atom is 0.348 e. The lowest BCUT2D eigenvalue weighted by Crippen LogP contribution is -2.72. The number of nitriles is 1. The second-order valence-electron chi connectivity index (χ2n) is 13.7. The molecule has 9 nitrogen and oxygen atoms in total. The van der Waals surface area contributed by atoms with E-state index in [1.54, 1.807) is 6.07 Å². The monoisotopic (exact) mass is 599 g/mol. The Labute approximate surface area is 261 Å². The van der Waals surface area contributed by atoms with Crippen molar-refractivity contribution in [3.63, 3.8) is 0 Å². The average Bonchev–Trinajstić information content (AvgIpc) is 3.37. The molecular formula is C35H47N6O3+. The summed E-state index contributed by atoms with van der Waals surface area (Å²) >= 11 is 0. The Kier molecular flexibility index (Phi) is 8.78. The van der Waals surface area contributed by atoms with Gasteiger partial charge >= 0.3 is 11.9 Å². The molecule has 4 aliphatic rings. The number of quaternary nitrogens is 1. The molecule has 9 heteroatoms. The first kappa shape index (κ1) is 30.7. The first-order valence-corrected chi connectivity index (χ1v) is 16.5. The number of aryl methyl sites for hydroxylation is 2. The number of carbonyl (C=O) groups excluding carboxylic acids is 2. The van der Waals surface area contributed by atoms with E-state index in [9.17, 15) is 14.9 Å². The van der Waals surface area contributed by atoms with Crippen LogP contribution in [0.2, 0.25) is 0 Å². The predicted molar refractivity (Wildman–Crippen MR) is 168 cm³/mol. The van der Waals surface area contributed by atoms with Crippen molar-refractivity contribution in [1.29, 1.82) is 5.26 Å². The molecule has 3 amide bonds. The van der Waals surface area contributed by atoms with Gasteiger partial charge in [-0.25, -0.2) is 14.6 Å². The number of hydrogen-bond acceptors (Lipinski definition) is 6. The van der Waals surface area contributed by atoms with Gasteiger partial charge in [0, 0.05) is 71.1 Å². The molecular weight excluding hydrogens is 552 g/mol. The first-order chi connectivity index (χ1) is 21.3. The number of amides is 3. The summed E-state index contributed by atoms with van der Waals surface area (Å²) < 4.78 is 5.97. The van der Waals surface area contributed by atoms with Gasteiger partial charge in [0.25, 0.3) is 0 Å². The van der Waals surface area contributed by atoms with Crippen LogP contribution in [0, 0.1) is 31.1 Å². The van der Waals surface area contributed by atoms with Crippen LogP contribution in [-0.4, -0.2) is 95.3 Å². The van der Waals surface area contributed by atoms with Gasteiger partial charge in [-0.2, -0.15) is 5.26 Å². The van der Waals surface area contributed by atoms with Crippen molar-refractivity contribution in [2.75, 3.05) is 52.5 Å². The first-order valence-electron chi connectivity index (χ1n) is 16.5. The summed E-state index contributed by atoms with van der Waals surface area (Å²) in [7, 11) is 0. The number of benzene rings is 1. The summed E-state index contributed by atoms with van der Waals surface area (Å²) in [6, 6.07) is 14.6. The smallest absolute Gasteiger partial charge is 0.348 e. The highest BCUT2D eigenvalue weighted by molar-refractivity contribution is 5.92. The van der Waals surface area contributed by atoms with Crippen LogP contribution in [0.3, 0.4) is 0 Å². The van der Waals surface area contributed by atoms with Crippen LogP contribution < -0.4 is 5.32 Å². The number of nitrogens with one attached hydrogen (secondary N) is 1. The number of likely N-dealkylation sites (tertiary alicyclic amines) is 1. The Bertz CT molecular complexity index is 1380. The molecule has 4 saturated heterocycles. The van der Waals surface area contributed by atoms with E-state index in [2.05, 4.69) is 57.4 Å². The number of pyridine rings is 1. The molecule has 1 aromatic heterocycles. The zero-order valence-corrected chi connectivity index (χ0v) is 26.6. The van der Waals surface area contributed by atoms with Gasteiger partial charge in [0.1, 0.15) is 22.9 Å². The van der Waals surface area contributed by atoms with Crippen LogP contribution in [0.15, 0.2) is 36.4 Å². The van der Waals surface area contributed by atoms with Crippen LogP contribution in [0.25, 0.3) is 0 Å². The number of aromatic nitrogens is 1. The highest BCUT2D eigenvalue weighted by Crippen LogP contribution is 2.43. The molecule has 1 aromatic carbocycles.